The van der Waals surface area contributed by atoms with Gasteiger partial charge in [-0.05, 0) is 99.9 Å². The van der Waals surface area contributed by atoms with Gasteiger partial charge in [0.1, 0.15) is 35.4 Å². The maximum Gasteiger partial charge on any atom is 0.490 e. The van der Waals surface area contributed by atoms with E-state index in [2.05, 4.69) is 30.6 Å². The van der Waals surface area contributed by atoms with E-state index in [0.29, 0.717) is 37.2 Å². The Kier molecular flexibility index (Phi) is 25.3. The number of alkyl halides is 6. The van der Waals surface area contributed by atoms with Gasteiger partial charge in [-0.2, -0.15) is 26.3 Å². The quantitative estimate of drug-likeness (QED) is 0.0245. The fourth-order valence-electron chi connectivity index (χ4n) is 7.75. The number of nitrogens with zero attached hydrogens (tertiary/aromatic N) is 4. The number of rotatable bonds is 24. The van der Waals surface area contributed by atoms with Crippen molar-refractivity contribution in [1.29, 1.82) is 0 Å². The zero-order valence-electron chi connectivity index (χ0n) is 43.2. The lowest BCUT2D eigenvalue weighted by molar-refractivity contribution is -0.193. The van der Waals surface area contributed by atoms with E-state index >= 15 is 0 Å². The highest BCUT2D eigenvalue weighted by molar-refractivity contribution is 5.92. The van der Waals surface area contributed by atoms with Crippen molar-refractivity contribution in [2.75, 3.05) is 14.2 Å². The Balaban J connectivity index is 0.000000320. The summed E-state index contributed by atoms with van der Waals surface area (Å²) in [5.41, 5.74) is 5.92. The standard InChI is InChI=1S/2C24H32N4O3.2C2HF3O2/c2*1-4-18(29)8-6-5-7-9-23(28-13-12-25-16-28)27-24(30)15-20-17(2)26-22-11-10-19(31-3)14-21(20)22;2*3-2(4,5)1(6)7/h2*10-14,16,23,26H,4-9,15H2,1-3H3,(H,27,30);2*(H,6,7). The molecule has 0 aliphatic rings. The molecule has 76 heavy (non-hydrogen) atoms. The van der Waals surface area contributed by atoms with Crippen LogP contribution in [0.5, 0.6) is 11.5 Å². The number of aliphatic carboxylic acids is 2. The first-order valence-corrected chi connectivity index (χ1v) is 24.4. The molecule has 6 rings (SSSR count). The van der Waals surface area contributed by atoms with Crippen molar-refractivity contribution < 1.29 is 74.8 Å². The molecule has 0 fully saturated rings. The van der Waals surface area contributed by atoms with Crippen molar-refractivity contribution in [2.45, 2.75) is 142 Å². The second kappa shape index (κ2) is 30.6. The number of ketones is 2. The number of ether oxygens (including phenoxy) is 2. The van der Waals surface area contributed by atoms with Gasteiger partial charge in [-0.3, -0.25) is 19.2 Å². The van der Waals surface area contributed by atoms with Crippen LogP contribution < -0.4 is 20.1 Å². The Morgan fingerprint density at radius 1 is 0.605 bits per heavy atom. The summed E-state index contributed by atoms with van der Waals surface area (Å²) in [6.45, 7) is 7.77. The molecule has 0 saturated carbocycles. The average molecular weight is 1080 g/mol. The number of aromatic amines is 2. The zero-order valence-corrected chi connectivity index (χ0v) is 43.2. The lowest BCUT2D eigenvalue weighted by Crippen LogP contribution is -2.33. The number of aryl methyl sites for hydroxylation is 2. The maximum absolute atomic E-state index is 12.9. The summed E-state index contributed by atoms with van der Waals surface area (Å²) in [4.78, 5) is 81.6. The van der Waals surface area contributed by atoms with E-state index in [1.807, 2.05) is 85.6 Å². The minimum absolute atomic E-state index is 0.0355. The predicted octanol–water partition coefficient (Wildman–Crippen LogP) is 10.2. The highest BCUT2D eigenvalue weighted by atomic mass is 19.4. The number of Topliss-reactive ketones (excluding diaryl/α,β-unsaturated/α-hetero) is 2. The number of unbranched alkanes of at least 4 members (excludes halogenated alkanes) is 4. The van der Waals surface area contributed by atoms with Crippen molar-refractivity contribution in [3.8, 4) is 11.5 Å². The van der Waals surface area contributed by atoms with Gasteiger partial charge in [-0.15, -0.1) is 0 Å². The van der Waals surface area contributed by atoms with Crippen molar-refractivity contribution in [3.05, 3.63) is 96.4 Å². The lowest BCUT2D eigenvalue weighted by Gasteiger charge is -2.20. The molecule has 0 saturated heterocycles. The molecular weight excluding hydrogens is 1010 g/mol. The fraction of sp³-hybridized carbons (Fsp3) is 0.462. The third kappa shape index (κ3) is 20.9. The second-order valence-electron chi connectivity index (χ2n) is 17.4. The van der Waals surface area contributed by atoms with Crippen molar-refractivity contribution in [3.63, 3.8) is 0 Å². The Morgan fingerprint density at radius 3 is 1.25 bits per heavy atom. The molecule has 4 heterocycles. The van der Waals surface area contributed by atoms with Gasteiger partial charge in [0, 0.05) is 83.7 Å². The van der Waals surface area contributed by atoms with Crippen LogP contribution in [0.4, 0.5) is 26.3 Å². The van der Waals surface area contributed by atoms with Gasteiger partial charge < -0.3 is 49.4 Å². The number of hydrogen-bond donors (Lipinski definition) is 6. The average Bonchev–Trinajstić information content (AvgIpc) is 4.22. The van der Waals surface area contributed by atoms with Crippen LogP contribution in [0.3, 0.4) is 0 Å². The minimum Gasteiger partial charge on any atom is -0.497 e. The number of imidazole rings is 2. The van der Waals surface area contributed by atoms with Gasteiger partial charge in [-0.25, -0.2) is 19.6 Å². The van der Waals surface area contributed by atoms with Gasteiger partial charge in [0.2, 0.25) is 11.8 Å². The summed E-state index contributed by atoms with van der Waals surface area (Å²) in [6.07, 6.45) is 10.4. The summed E-state index contributed by atoms with van der Waals surface area (Å²) in [5, 5.41) is 22.6. The number of methoxy groups -OCH3 is 2. The van der Waals surface area contributed by atoms with Crippen LogP contribution in [0.25, 0.3) is 21.8 Å². The highest BCUT2D eigenvalue weighted by Crippen LogP contribution is 2.29. The van der Waals surface area contributed by atoms with Crippen molar-refractivity contribution in [1.82, 2.24) is 39.7 Å². The third-order valence-electron chi connectivity index (χ3n) is 11.9. The van der Waals surface area contributed by atoms with Crippen LogP contribution in [-0.2, 0) is 41.6 Å². The molecule has 0 spiro atoms. The van der Waals surface area contributed by atoms with Crippen LogP contribution >= 0.6 is 0 Å². The first-order chi connectivity index (χ1) is 35.9. The number of hydrogen-bond acceptors (Lipinski definition) is 10. The first-order valence-electron chi connectivity index (χ1n) is 24.4. The van der Waals surface area contributed by atoms with Crippen LogP contribution in [0.2, 0.25) is 0 Å². The molecule has 2 amide bonds. The second-order valence-corrected chi connectivity index (χ2v) is 17.4. The number of carboxylic acid groups (broad SMARTS) is 2. The summed E-state index contributed by atoms with van der Waals surface area (Å²) in [6, 6.07) is 11.7. The molecule has 0 aliphatic carbocycles. The molecule has 6 N–H and O–H groups in total. The molecule has 0 aliphatic heterocycles. The molecule has 0 bridgehead atoms. The Bertz CT molecular complexity index is 2600. The topological polar surface area (TPSA) is 253 Å². The van der Waals surface area contributed by atoms with Crippen LogP contribution in [0.1, 0.15) is 126 Å². The fourth-order valence-corrected chi connectivity index (χ4v) is 7.75. The molecule has 4 aromatic heterocycles. The molecule has 18 nitrogen and oxygen atoms in total. The number of carboxylic acids is 2. The predicted molar refractivity (Wildman–Crippen MR) is 270 cm³/mol. The number of carbonyl (C=O) groups is 6. The largest absolute Gasteiger partial charge is 0.497 e. The number of fused-ring (bicyclic) bond motifs is 2. The van der Waals surface area contributed by atoms with E-state index in [1.165, 1.54) is 0 Å². The van der Waals surface area contributed by atoms with E-state index in [0.717, 1.165) is 107 Å². The molecule has 0 radical (unpaired) electrons. The number of amides is 2. The molecule has 2 atom stereocenters. The normalized spacial score (nSPS) is 11.9. The molecular formula is C52H66F6N8O10. The van der Waals surface area contributed by atoms with E-state index < -0.39 is 24.3 Å². The highest BCUT2D eigenvalue weighted by Gasteiger charge is 2.39. The first kappa shape index (κ1) is 62.6. The molecule has 2 unspecified atom stereocenters. The van der Waals surface area contributed by atoms with Crippen LogP contribution in [-0.4, -0.2) is 101 Å². The zero-order chi connectivity index (χ0) is 56.6. The van der Waals surface area contributed by atoms with Gasteiger partial charge in [0.15, 0.2) is 0 Å². The summed E-state index contributed by atoms with van der Waals surface area (Å²) < 4.78 is 78.0. The van der Waals surface area contributed by atoms with Crippen LogP contribution in [0, 0.1) is 13.8 Å². The monoisotopic (exact) mass is 1080 g/mol. The van der Waals surface area contributed by atoms with E-state index in [-0.39, 0.29) is 37.0 Å². The Morgan fingerprint density at radius 2 is 0.961 bits per heavy atom. The van der Waals surface area contributed by atoms with Gasteiger partial charge in [-0.1, -0.05) is 26.7 Å². The van der Waals surface area contributed by atoms with Crippen molar-refractivity contribution in [2.24, 2.45) is 0 Å². The summed E-state index contributed by atoms with van der Waals surface area (Å²) >= 11 is 0. The van der Waals surface area contributed by atoms with Gasteiger partial charge in [0.05, 0.1) is 39.7 Å². The minimum atomic E-state index is -5.08. The molecule has 6 aromatic rings. The molecule has 416 valence electrons. The molecule has 24 heteroatoms. The number of aromatic nitrogens is 6. The summed E-state index contributed by atoms with van der Waals surface area (Å²) in [5.74, 6) is -3.43. The van der Waals surface area contributed by atoms with E-state index in [4.69, 9.17) is 29.3 Å². The Labute approximate surface area is 435 Å². The number of halogens is 6. The molecule has 2 aromatic carbocycles. The maximum atomic E-state index is 12.9. The SMILES string of the molecule is CCC(=O)CCCCCC(NC(=O)Cc1c(C)[nH]c2ccc(OC)cc12)n1ccnc1.CCC(=O)CCCCCC(NC(=O)Cc1c(C)[nH]c2ccc(OC)cc12)n1ccnc1.O=C(O)C(F)(F)F.O=C(O)C(F)(F)F. The lowest BCUT2D eigenvalue weighted by atomic mass is 10.1. The third-order valence-corrected chi connectivity index (χ3v) is 11.9. The van der Waals surface area contributed by atoms with Gasteiger partial charge in [0.25, 0.3) is 0 Å². The smallest absolute Gasteiger partial charge is 0.490 e. The van der Waals surface area contributed by atoms with Crippen molar-refractivity contribution >= 4 is 57.1 Å². The Hall–Kier alpha value is -7.66. The number of nitrogens with one attached hydrogen (secondary N) is 4. The van der Waals surface area contributed by atoms with Gasteiger partial charge >= 0.3 is 24.3 Å². The summed E-state index contributed by atoms with van der Waals surface area (Å²) in [7, 11) is 3.28. The van der Waals surface area contributed by atoms with E-state index in [1.54, 1.807) is 39.3 Å². The van der Waals surface area contributed by atoms with E-state index in [9.17, 15) is 45.5 Å². The number of carbonyl (C=O) groups excluding carboxylic acids is 4. The number of H-pyrrole nitrogens is 2. The van der Waals surface area contributed by atoms with Crippen LogP contribution in [0.15, 0.2) is 73.8 Å². The number of benzene rings is 2.